The minimum atomic E-state index is -0.195. The SMILES string of the molecule is CCC(Sc1ccc(Cl)cc1)C(=O)Nc1ccc(OC)c(OC)c1. The number of hydrogen-bond acceptors (Lipinski definition) is 4. The molecule has 1 atom stereocenters. The highest BCUT2D eigenvalue weighted by molar-refractivity contribution is 8.00. The summed E-state index contributed by atoms with van der Waals surface area (Å²) in [7, 11) is 3.14. The highest BCUT2D eigenvalue weighted by Crippen LogP contribution is 2.31. The van der Waals surface area contributed by atoms with Crippen LogP contribution in [0.4, 0.5) is 5.69 Å². The minimum Gasteiger partial charge on any atom is -0.493 e. The van der Waals surface area contributed by atoms with Crippen molar-refractivity contribution >= 4 is 35.0 Å². The molecule has 1 N–H and O–H groups in total. The predicted octanol–water partition coefficient (Wildman–Crippen LogP) is 4.87. The molecule has 6 heteroatoms. The van der Waals surface area contributed by atoms with E-state index >= 15 is 0 Å². The molecule has 128 valence electrons. The summed E-state index contributed by atoms with van der Waals surface area (Å²) in [5.41, 5.74) is 0.674. The molecule has 2 aromatic carbocycles. The number of carbonyl (C=O) groups is 1. The second kappa shape index (κ2) is 8.85. The molecule has 2 rings (SSSR count). The number of hydrogen-bond donors (Lipinski definition) is 1. The van der Waals surface area contributed by atoms with Gasteiger partial charge in [0, 0.05) is 21.7 Å². The summed E-state index contributed by atoms with van der Waals surface area (Å²) in [6.07, 6.45) is 0.715. The molecule has 0 radical (unpaired) electrons. The van der Waals surface area contributed by atoms with Crippen LogP contribution in [-0.4, -0.2) is 25.4 Å². The van der Waals surface area contributed by atoms with E-state index in [9.17, 15) is 4.79 Å². The lowest BCUT2D eigenvalue weighted by molar-refractivity contribution is -0.115. The maximum Gasteiger partial charge on any atom is 0.237 e. The Labute approximate surface area is 151 Å². The quantitative estimate of drug-likeness (QED) is 0.711. The lowest BCUT2D eigenvalue weighted by Crippen LogP contribution is -2.24. The van der Waals surface area contributed by atoms with Crippen LogP contribution in [-0.2, 0) is 4.79 Å². The first kappa shape index (κ1) is 18.5. The van der Waals surface area contributed by atoms with Gasteiger partial charge in [0.1, 0.15) is 0 Å². The van der Waals surface area contributed by atoms with Gasteiger partial charge in [0.25, 0.3) is 0 Å². The van der Waals surface area contributed by atoms with Crippen LogP contribution in [0.3, 0.4) is 0 Å². The molecule has 1 amide bonds. The van der Waals surface area contributed by atoms with Crippen LogP contribution in [0, 0.1) is 0 Å². The highest BCUT2D eigenvalue weighted by Gasteiger charge is 2.18. The third kappa shape index (κ3) is 4.82. The van der Waals surface area contributed by atoms with Crippen LogP contribution in [0.25, 0.3) is 0 Å². The molecule has 0 aliphatic rings. The van der Waals surface area contributed by atoms with Gasteiger partial charge in [-0.25, -0.2) is 0 Å². The van der Waals surface area contributed by atoms with E-state index in [0.717, 1.165) is 4.90 Å². The van der Waals surface area contributed by atoms with Gasteiger partial charge in [-0.2, -0.15) is 0 Å². The Hall–Kier alpha value is -1.85. The first-order valence-corrected chi connectivity index (χ1v) is 8.78. The van der Waals surface area contributed by atoms with Crippen molar-refractivity contribution in [3.63, 3.8) is 0 Å². The molecule has 0 saturated carbocycles. The van der Waals surface area contributed by atoms with Gasteiger partial charge in [-0.1, -0.05) is 18.5 Å². The Morgan fingerprint density at radius 3 is 2.38 bits per heavy atom. The van der Waals surface area contributed by atoms with Crippen LogP contribution in [0.2, 0.25) is 5.02 Å². The summed E-state index contributed by atoms with van der Waals surface area (Å²) >= 11 is 7.41. The Balaban J connectivity index is 2.07. The number of anilines is 1. The van der Waals surface area contributed by atoms with E-state index in [0.29, 0.717) is 28.6 Å². The number of ether oxygens (including phenoxy) is 2. The van der Waals surface area contributed by atoms with Crippen molar-refractivity contribution in [1.82, 2.24) is 0 Å². The van der Waals surface area contributed by atoms with E-state index < -0.39 is 0 Å². The third-order valence-electron chi connectivity index (χ3n) is 3.41. The van der Waals surface area contributed by atoms with Gasteiger partial charge >= 0.3 is 0 Å². The molecule has 24 heavy (non-hydrogen) atoms. The molecule has 0 bridgehead atoms. The number of nitrogens with one attached hydrogen (secondary N) is 1. The molecular weight excluding hydrogens is 346 g/mol. The topological polar surface area (TPSA) is 47.6 Å². The summed E-state index contributed by atoms with van der Waals surface area (Å²) in [5, 5.41) is 3.42. The Bertz CT molecular complexity index is 691. The molecule has 0 fully saturated rings. The van der Waals surface area contributed by atoms with Crippen LogP contribution < -0.4 is 14.8 Å². The molecule has 0 aliphatic carbocycles. The lowest BCUT2D eigenvalue weighted by atomic mass is 10.2. The fraction of sp³-hybridized carbons (Fsp3) is 0.278. The smallest absolute Gasteiger partial charge is 0.237 e. The minimum absolute atomic E-state index is 0.0512. The largest absolute Gasteiger partial charge is 0.493 e. The number of methoxy groups -OCH3 is 2. The van der Waals surface area contributed by atoms with Gasteiger partial charge in [-0.05, 0) is 42.8 Å². The molecule has 0 heterocycles. The van der Waals surface area contributed by atoms with E-state index in [-0.39, 0.29) is 11.2 Å². The number of amides is 1. The lowest BCUT2D eigenvalue weighted by Gasteiger charge is -2.16. The van der Waals surface area contributed by atoms with Gasteiger partial charge < -0.3 is 14.8 Å². The monoisotopic (exact) mass is 365 g/mol. The van der Waals surface area contributed by atoms with Gasteiger partial charge in [0.05, 0.1) is 19.5 Å². The van der Waals surface area contributed by atoms with E-state index in [1.807, 2.05) is 31.2 Å². The van der Waals surface area contributed by atoms with Crippen LogP contribution in [0.1, 0.15) is 13.3 Å². The second-order valence-electron chi connectivity index (χ2n) is 5.03. The van der Waals surface area contributed by atoms with Crippen LogP contribution in [0.5, 0.6) is 11.5 Å². The summed E-state index contributed by atoms with van der Waals surface area (Å²) in [4.78, 5) is 13.5. The van der Waals surface area contributed by atoms with Crippen molar-refractivity contribution < 1.29 is 14.3 Å². The number of carbonyl (C=O) groups excluding carboxylic acids is 1. The summed E-state index contributed by atoms with van der Waals surface area (Å²) in [5.74, 6) is 1.15. The Kier molecular flexibility index (Phi) is 6.82. The maximum atomic E-state index is 12.5. The van der Waals surface area contributed by atoms with Crippen LogP contribution >= 0.6 is 23.4 Å². The zero-order valence-corrected chi connectivity index (χ0v) is 15.4. The Morgan fingerprint density at radius 1 is 1.12 bits per heavy atom. The van der Waals surface area contributed by atoms with Crippen molar-refractivity contribution in [1.29, 1.82) is 0 Å². The molecule has 0 saturated heterocycles. The van der Waals surface area contributed by atoms with Crippen molar-refractivity contribution in [2.24, 2.45) is 0 Å². The van der Waals surface area contributed by atoms with Crippen molar-refractivity contribution in [2.45, 2.75) is 23.5 Å². The zero-order valence-electron chi connectivity index (χ0n) is 13.8. The van der Waals surface area contributed by atoms with Gasteiger partial charge in [-0.15, -0.1) is 11.8 Å². The fourth-order valence-corrected chi connectivity index (χ4v) is 3.22. The molecule has 0 aromatic heterocycles. The average molecular weight is 366 g/mol. The first-order chi connectivity index (χ1) is 11.6. The van der Waals surface area contributed by atoms with E-state index in [1.165, 1.54) is 11.8 Å². The standard InChI is InChI=1S/C18H20ClNO3S/c1-4-17(24-14-8-5-12(19)6-9-14)18(21)20-13-7-10-15(22-2)16(11-13)23-3/h5-11,17H,4H2,1-3H3,(H,20,21). The average Bonchev–Trinajstić information content (AvgIpc) is 2.60. The van der Waals surface area contributed by atoms with Gasteiger partial charge in [0.2, 0.25) is 5.91 Å². The molecule has 2 aromatic rings. The maximum absolute atomic E-state index is 12.5. The molecular formula is C18H20ClNO3S. The van der Waals surface area contributed by atoms with E-state index in [4.69, 9.17) is 21.1 Å². The second-order valence-corrected chi connectivity index (χ2v) is 6.74. The summed E-state index contributed by atoms with van der Waals surface area (Å²) in [6.45, 7) is 1.99. The number of thioether (sulfide) groups is 1. The molecule has 4 nitrogen and oxygen atoms in total. The summed E-state index contributed by atoms with van der Waals surface area (Å²) < 4.78 is 10.5. The van der Waals surface area contributed by atoms with Gasteiger partial charge in [-0.3, -0.25) is 4.79 Å². The van der Waals surface area contributed by atoms with Crippen molar-refractivity contribution in [3.8, 4) is 11.5 Å². The predicted molar refractivity (Wildman–Crippen MR) is 99.6 cm³/mol. The third-order valence-corrected chi connectivity index (χ3v) is 5.03. The van der Waals surface area contributed by atoms with E-state index in [2.05, 4.69) is 5.32 Å². The molecule has 0 aliphatic heterocycles. The molecule has 1 unspecified atom stereocenters. The van der Waals surface area contributed by atoms with Crippen molar-refractivity contribution in [3.05, 3.63) is 47.5 Å². The van der Waals surface area contributed by atoms with Crippen LogP contribution in [0.15, 0.2) is 47.4 Å². The normalized spacial score (nSPS) is 11.7. The number of benzene rings is 2. The Morgan fingerprint density at radius 2 is 1.79 bits per heavy atom. The van der Waals surface area contributed by atoms with Crippen molar-refractivity contribution in [2.75, 3.05) is 19.5 Å². The van der Waals surface area contributed by atoms with Gasteiger partial charge in [0.15, 0.2) is 11.5 Å². The highest BCUT2D eigenvalue weighted by atomic mass is 35.5. The van der Waals surface area contributed by atoms with E-state index in [1.54, 1.807) is 32.4 Å². The number of rotatable bonds is 7. The first-order valence-electron chi connectivity index (χ1n) is 7.52. The fourth-order valence-electron chi connectivity index (χ4n) is 2.14. The zero-order chi connectivity index (χ0) is 17.5. The molecule has 0 spiro atoms. The summed E-state index contributed by atoms with van der Waals surface area (Å²) in [6, 6.07) is 12.8. The number of halogens is 1.